The summed E-state index contributed by atoms with van der Waals surface area (Å²) < 4.78 is 2.02. The van der Waals surface area contributed by atoms with Crippen molar-refractivity contribution >= 4 is 16.7 Å². The Labute approximate surface area is 198 Å². The first kappa shape index (κ1) is 24.0. The number of pyridine rings is 1. The lowest BCUT2D eigenvalue weighted by Crippen LogP contribution is -2.44. The van der Waals surface area contributed by atoms with Crippen molar-refractivity contribution in [3.05, 3.63) is 46.2 Å². The molecule has 0 amide bonds. The Morgan fingerprint density at radius 3 is 2.48 bits per heavy atom. The van der Waals surface area contributed by atoms with Crippen molar-refractivity contribution < 1.29 is 0 Å². The zero-order valence-electron chi connectivity index (χ0n) is 20.6. The van der Waals surface area contributed by atoms with E-state index in [0.717, 1.165) is 61.5 Å². The summed E-state index contributed by atoms with van der Waals surface area (Å²) in [5.74, 6) is 0.958. The Bertz CT molecular complexity index is 1000. The van der Waals surface area contributed by atoms with Gasteiger partial charge in [-0.3, -0.25) is 15.1 Å². The van der Waals surface area contributed by atoms with Crippen LogP contribution < -0.4 is 11.3 Å². The Morgan fingerprint density at radius 2 is 1.76 bits per heavy atom. The zero-order valence-corrected chi connectivity index (χ0v) is 20.6. The standard InChI is InChI=1S/C28H42N4O/c1-20-9-8-10-21(2)31(20)15-6-3-7-16-32-26-12-5-4-11-23(26)19-25(28(32)33)18-22-13-14-24(17-22)27(29)30/h4-5,11-12,19-22,24H,3,6-10,13-18H2,1-2H3,(H3,29,30)/t20-,21+,22?,24?. The van der Waals surface area contributed by atoms with E-state index >= 15 is 0 Å². The molecule has 2 unspecified atom stereocenters. The molecule has 180 valence electrons. The van der Waals surface area contributed by atoms with E-state index in [4.69, 9.17) is 11.1 Å². The average Bonchev–Trinajstić information content (AvgIpc) is 3.26. The smallest absolute Gasteiger partial charge is 0.254 e. The summed E-state index contributed by atoms with van der Waals surface area (Å²) in [5, 5.41) is 8.91. The minimum atomic E-state index is 0.179. The highest BCUT2D eigenvalue weighted by Gasteiger charge is 2.28. The SMILES string of the molecule is C[C@@H]1CCC[C@H](C)N1CCCCCn1c(=O)c(CC2CCC(C(=N)N)C2)cc2ccccc21. The van der Waals surface area contributed by atoms with Crippen LogP contribution in [-0.2, 0) is 13.0 Å². The largest absolute Gasteiger partial charge is 0.387 e. The summed E-state index contributed by atoms with van der Waals surface area (Å²) >= 11 is 0. The number of piperidine rings is 1. The molecule has 2 heterocycles. The van der Waals surface area contributed by atoms with E-state index in [1.165, 1.54) is 32.2 Å². The van der Waals surface area contributed by atoms with Crippen LogP contribution in [0.1, 0.15) is 77.2 Å². The first-order valence-corrected chi connectivity index (χ1v) is 13.1. The monoisotopic (exact) mass is 450 g/mol. The minimum Gasteiger partial charge on any atom is -0.387 e. The van der Waals surface area contributed by atoms with Gasteiger partial charge in [-0.2, -0.15) is 0 Å². The average molecular weight is 451 g/mol. The molecule has 5 nitrogen and oxygen atoms in total. The van der Waals surface area contributed by atoms with Gasteiger partial charge in [0.2, 0.25) is 0 Å². The fraction of sp³-hybridized carbons (Fsp3) is 0.643. The fourth-order valence-corrected chi connectivity index (χ4v) is 6.27. The lowest BCUT2D eigenvalue weighted by Gasteiger charge is -2.39. The third-order valence-electron chi connectivity index (χ3n) is 8.24. The second-order valence-electron chi connectivity index (χ2n) is 10.6. The maximum atomic E-state index is 13.5. The van der Waals surface area contributed by atoms with Crippen molar-refractivity contribution in [2.75, 3.05) is 6.54 Å². The molecule has 0 bridgehead atoms. The van der Waals surface area contributed by atoms with Gasteiger partial charge in [0.05, 0.1) is 11.4 Å². The van der Waals surface area contributed by atoms with Gasteiger partial charge in [-0.1, -0.05) is 31.0 Å². The molecule has 2 fully saturated rings. The molecule has 33 heavy (non-hydrogen) atoms. The highest BCUT2D eigenvalue weighted by atomic mass is 16.1. The normalized spacial score (nSPS) is 26.1. The van der Waals surface area contributed by atoms with Crippen molar-refractivity contribution in [3.8, 4) is 0 Å². The third-order valence-corrected chi connectivity index (χ3v) is 8.24. The number of para-hydroxylation sites is 1. The number of nitrogens with two attached hydrogens (primary N) is 1. The van der Waals surface area contributed by atoms with Crippen LogP contribution in [0.3, 0.4) is 0 Å². The van der Waals surface area contributed by atoms with Crippen LogP contribution >= 0.6 is 0 Å². The number of likely N-dealkylation sites (tertiary alicyclic amines) is 1. The first-order valence-electron chi connectivity index (χ1n) is 13.1. The molecule has 1 saturated heterocycles. The fourth-order valence-electron chi connectivity index (χ4n) is 6.27. The van der Waals surface area contributed by atoms with Crippen molar-refractivity contribution in [2.45, 2.75) is 96.7 Å². The highest BCUT2D eigenvalue weighted by molar-refractivity contribution is 5.80. The van der Waals surface area contributed by atoms with E-state index in [1.807, 2.05) is 10.6 Å². The molecule has 3 N–H and O–H groups in total. The molecule has 4 atom stereocenters. The van der Waals surface area contributed by atoms with E-state index in [-0.39, 0.29) is 11.5 Å². The predicted octanol–water partition coefficient (Wildman–Crippen LogP) is 5.33. The van der Waals surface area contributed by atoms with Gasteiger partial charge in [0.25, 0.3) is 5.56 Å². The lowest BCUT2D eigenvalue weighted by molar-refractivity contribution is 0.101. The van der Waals surface area contributed by atoms with Crippen LogP contribution in [0.25, 0.3) is 10.9 Å². The van der Waals surface area contributed by atoms with Crippen LogP contribution in [0.4, 0.5) is 0 Å². The van der Waals surface area contributed by atoms with Crippen molar-refractivity contribution in [2.24, 2.45) is 17.6 Å². The van der Waals surface area contributed by atoms with E-state index < -0.39 is 0 Å². The summed E-state index contributed by atoms with van der Waals surface area (Å²) in [4.78, 5) is 16.2. The molecule has 1 saturated carbocycles. The summed E-state index contributed by atoms with van der Waals surface area (Å²) in [6.45, 7) is 6.71. The van der Waals surface area contributed by atoms with Crippen LogP contribution in [-0.4, -0.2) is 33.9 Å². The van der Waals surface area contributed by atoms with Crippen LogP contribution in [0.5, 0.6) is 0 Å². The second-order valence-corrected chi connectivity index (χ2v) is 10.6. The van der Waals surface area contributed by atoms with Crippen molar-refractivity contribution in [1.82, 2.24) is 9.47 Å². The molecular weight excluding hydrogens is 408 g/mol. The summed E-state index contributed by atoms with van der Waals surface area (Å²) in [7, 11) is 0. The van der Waals surface area contributed by atoms with Gasteiger partial charge in [0.1, 0.15) is 0 Å². The summed E-state index contributed by atoms with van der Waals surface area (Å²) in [5.41, 5.74) is 7.90. The number of benzene rings is 1. The first-order chi connectivity index (χ1) is 15.9. The molecule has 1 aliphatic heterocycles. The number of nitrogens with zero attached hydrogens (tertiary/aromatic N) is 2. The Morgan fingerprint density at radius 1 is 1.03 bits per heavy atom. The molecule has 1 aromatic heterocycles. The molecular formula is C28H42N4O. The van der Waals surface area contributed by atoms with Gasteiger partial charge in [0.15, 0.2) is 0 Å². The van der Waals surface area contributed by atoms with E-state index in [1.54, 1.807) is 0 Å². The molecule has 1 aromatic carbocycles. The number of aromatic nitrogens is 1. The maximum Gasteiger partial charge on any atom is 0.254 e. The molecule has 5 heteroatoms. The zero-order chi connectivity index (χ0) is 23.4. The van der Waals surface area contributed by atoms with Gasteiger partial charge in [0, 0.05) is 30.1 Å². The topological polar surface area (TPSA) is 75.1 Å². The number of nitrogens with one attached hydrogen (secondary N) is 1. The van der Waals surface area contributed by atoms with Gasteiger partial charge in [-0.05, 0) is 95.2 Å². The molecule has 0 radical (unpaired) electrons. The van der Waals surface area contributed by atoms with Crippen LogP contribution in [0, 0.1) is 17.2 Å². The second kappa shape index (κ2) is 10.9. The highest BCUT2D eigenvalue weighted by Crippen LogP contribution is 2.33. The van der Waals surface area contributed by atoms with Crippen LogP contribution in [0.15, 0.2) is 35.1 Å². The van der Waals surface area contributed by atoms with Crippen molar-refractivity contribution in [3.63, 3.8) is 0 Å². The number of aryl methyl sites for hydroxylation is 1. The predicted molar refractivity (Wildman–Crippen MR) is 138 cm³/mol. The quantitative estimate of drug-likeness (QED) is 0.308. The van der Waals surface area contributed by atoms with Gasteiger partial charge in [-0.15, -0.1) is 0 Å². The maximum absolute atomic E-state index is 13.5. The minimum absolute atomic E-state index is 0.179. The van der Waals surface area contributed by atoms with Gasteiger partial charge in [-0.25, -0.2) is 0 Å². The summed E-state index contributed by atoms with van der Waals surface area (Å²) in [6, 6.07) is 11.8. The number of hydrogen-bond donors (Lipinski definition) is 2. The molecule has 4 rings (SSSR count). The Hall–Kier alpha value is -2.14. The van der Waals surface area contributed by atoms with Crippen LogP contribution in [0.2, 0.25) is 0 Å². The van der Waals surface area contributed by atoms with Crippen molar-refractivity contribution in [1.29, 1.82) is 5.41 Å². The lowest BCUT2D eigenvalue weighted by atomic mass is 9.96. The van der Waals surface area contributed by atoms with Gasteiger partial charge < -0.3 is 10.3 Å². The third kappa shape index (κ3) is 5.68. The number of amidine groups is 1. The Kier molecular flexibility index (Phi) is 7.90. The number of unbranched alkanes of at least 4 members (excludes halogenated alkanes) is 2. The van der Waals surface area contributed by atoms with E-state index in [2.05, 4.69) is 43.0 Å². The number of hydrogen-bond acceptors (Lipinski definition) is 3. The molecule has 0 spiro atoms. The number of rotatable bonds is 9. The van der Waals surface area contributed by atoms with E-state index in [9.17, 15) is 4.79 Å². The van der Waals surface area contributed by atoms with E-state index in [0.29, 0.717) is 23.8 Å². The molecule has 1 aliphatic carbocycles. The molecule has 2 aliphatic rings. The molecule has 2 aromatic rings. The van der Waals surface area contributed by atoms with Gasteiger partial charge >= 0.3 is 0 Å². The Balaban J connectivity index is 1.40. The summed E-state index contributed by atoms with van der Waals surface area (Å²) in [6.07, 6.45) is 11.2. The number of fused-ring (bicyclic) bond motifs is 1.